The van der Waals surface area contributed by atoms with Crippen molar-refractivity contribution in [3.8, 4) is 23.0 Å². The van der Waals surface area contributed by atoms with Crippen LogP contribution in [-0.2, 0) is 22.5 Å². The summed E-state index contributed by atoms with van der Waals surface area (Å²) >= 11 is 0. The van der Waals surface area contributed by atoms with E-state index in [1.54, 1.807) is 12.1 Å². The summed E-state index contributed by atoms with van der Waals surface area (Å²) < 4.78 is 0. The molecule has 0 fully saturated rings. The molecule has 4 N–H and O–H groups in total. The molecule has 2 aromatic carbocycles. The minimum absolute atomic E-state index is 0.000471. The van der Waals surface area contributed by atoms with Gasteiger partial charge < -0.3 is 20.4 Å². The van der Waals surface area contributed by atoms with Crippen molar-refractivity contribution >= 4 is 0 Å². The molecule has 44 heavy (non-hydrogen) atoms. The van der Waals surface area contributed by atoms with E-state index in [9.17, 15) is 25.3 Å². The Bertz CT molecular complexity index is 1380. The van der Waals surface area contributed by atoms with Gasteiger partial charge in [-0.25, -0.2) is 0 Å². The molecule has 0 saturated carbocycles. The van der Waals surface area contributed by atoms with Gasteiger partial charge in [0.05, 0.1) is 0 Å². The van der Waals surface area contributed by atoms with Crippen LogP contribution >= 0.6 is 0 Å². The van der Waals surface area contributed by atoms with Crippen LogP contribution in [0.25, 0.3) is 0 Å². The number of aromatic hydroxyl groups is 4. The maximum Gasteiger partial charge on any atom is 0.477 e. The average molecular weight is 605 g/mol. The minimum atomic E-state index is -0.100. The van der Waals surface area contributed by atoms with Crippen LogP contribution < -0.4 is 0 Å². The highest BCUT2D eigenvalue weighted by molar-refractivity contribution is 5.51. The highest BCUT2D eigenvalue weighted by Gasteiger charge is 2.32. The number of hydrogen-bond donors (Lipinski definition) is 4. The number of hydrogen-bond acceptors (Lipinski definition) is 7. The van der Waals surface area contributed by atoms with E-state index in [1.807, 2.05) is 13.8 Å². The van der Waals surface area contributed by atoms with Gasteiger partial charge in [0.1, 0.15) is 27.9 Å². The van der Waals surface area contributed by atoms with Crippen LogP contribution in [0.15, 0.2) is 71.9 Å². The highest BCUT2D eigenvalue weighted by Crippen LogP contribution is 2.46. The molecule has 0 spiro atoms. The molecule has 0 heterocycles. The number of allylic oxidation sites excluding steroid dienone is 6. The maximum absolute atomic E-state index is 12.5. The predicted molar refractivity (Wildman–Crippen MR) is 171 cm³/mol. The van der Waals surface area contributed by atoms with Crippen LogP contribution in [0.5, 0.6) is 23.0 Å². The Morgan fingerprint density at radius 2 is 1.14 bits per heavy atom. The molecule has 0 bridgehead atoms. The van der Waals surface area contributed by atoms with Crippen LogP contribution in [0.4, 0.5) is 0 Å². The lowest BCUT2D eigenvalue weighted by Crippen LogP contribution is -2.20. The smallest absolute Gasteiger partial charge is 0.477 e. The second-order valence-electron chi connectivity index (χ2n) is 12.5. The third-order valence-electron chi connectivity index (χ3n) is 9.02. The Kier molecular flexibility index (Phi) is 10.4. The van der Waals surface area contributed by atoms with Gasteiger partial charge in [-0.15, -0.1) is 0 Å². The molecule has 4 atom stereocenters. The molecule has 0 saturated heterocycles. The first kappa shape index (κ1) is 32.7. The molecule has 4 rings (SSSR count). The number of phenolic OH excluding ortho intramolecular Hbond substituents is 4. The topological polar surface area (TPSA) is 119 Å². The summed E-state index contributed by atoms with van der Waals surface area (Å²) in [5.74, 6) is -0.0433. The van der Waals surface area contributed by atoms with E-state index in [-0.39, 0.29) is 77.8 Å². The first-order chi connectivity index (χ1) is 20.8. The Balaban J connectivity index is 1.42. The quantitative estimate of drug-likeness (QED) is 0.143. The molecule has 8 nitrogen and oxygen atoms in total. The molecule has 2 aromatic rings. The van der Waals surface area contributed by atoms with E-state index in [0.29, 0.717) is 22.3 Å². The molecule has 236 valence electrons. The van der Waals surface area contributed by atoms with E-state index in [2.05, 4.69) is 39.2 Å². The Labute approximate surface area is 260 Å². The van der Waals surface area contributed by atoms with Crippen molar-refractivity contribution < 1.29 is 35.2 Å². The van der Waals surface area contributed by atoms with Gasteiger partial charge >= 0.3 is 5.09 Å². The van der Waals surface area contributed by atoms with E-state index < -0.39 is 0 Å². The zero-order valence-electron chi connectivity index (χ0n) is 26.3. The van der Waals surface area contributed by atoms with Gasteiger partial charge in [-0.2, -0.15) is 9.68 Å². The molecule has 0 unspecified atom stereocenters. The van der Waals surface area contributed by atoms with E-state index in [1.165, 1.54) is 23.3 Å². The van der Waals surface area contributed by atoms with Gasteiger partial charge in [0, 0.05) is 47.9 Å². The standard InChI is InChI=1S/C36H45NO7/c1-21(2)29-9-7-23(5)15-31(29)35-25(17-27(38)19-33(35)40)11-13-43-37(42)44-14-12-26-18-28(39)20-34(41)36(26)32-16-24(6)8-10-30(32)22(3)4/h15-20,29-32H,1,3,7-14H2,2,4-6H3,(H3-,38,39,40,41)/p+1/t29-,30-,31+,32+/m0/s1. The van der Waals surface area contributed by atoms with E-state index in [4.69, 9.17) is 9.68 Å². The fraction of sp³-hybridized carbons (Fsp3) is 0.444. The molecular formula is C36H46NO7+. The van der Waals surface area contributed by atoms with Crippen LogP contribution in [0.1, 0.15) is 87.5 Å². The highest BCUT2D eigenvalue weighted by atomic mass is 17.0. The van der Waals surface area contributed by atoms with E-state index >= 15 is 0 Å². The normalized spacial score (nSPS) is 21.6. The van der Waals surface area contributed by atoms with E-state index in [0.717, 1.165) is 36.8 Å². The maximum atomic E-state index is 12.5. The zero-order chi connectivity index (χ0) is 32.1. The Morgan fingerprint density at radius 1 is 0.750 bits per heavy atom. The largest absolute Gasteiger partial charge is 0.508 e. The molecule has 0 amide bonds. The lowest BCUT2D eigenvalue weighted by Gasteiger charge is -2.32. The molecular weight excluding hydrogens is 558 g/mol. The van der Waals surface area contributed by atoms with Crippen molar-refractivity contribution in [2.75, 3.05) is 13.2 Å². The fourth-order valence-electron chi connectivity index (χ4n) is 6.85. The van der Waals surface area contributed by atoms with Crippen LogP contribution in [0, 0.1) is 16.7 Å². The van der Waals surface area contributed by atoms with Gasteiger partial charge in [-0.05, 0) is 88.5 Å². The molecule has 2 aliphatic carbocycles. The summed E-state index contributed by atoms with van der Waals surface area (Å²) in [7, 11) is 0. The first-order valence-corrected chi connectivity index (χ1v) is 15.3. The molecule has 0 aliphatic heterocycles. The predicted octanol–water partition coefficient (Wildman–Crippen LogP) is 7.97. The third-order valence-corrected chi connectivity index (χ3v) is 9.02. The summed E-state index contributed by atoms with van der Waals surface area (Å²) in [5, 5.41) is 42.2. The van der Waals surface area contributed by atoms with Gasteiger partial charge in [0.2, 0.25) is 0 Å². The fourth-order valence-corrected chi connectivity index (χ4v) is 6.85. The Morgan fingerprint density at radius 3 is 1.50 bits per heavy atom. The third kappa shape index (κ3) is 7.65. The minimum Gasteiger partial charge on any atom is -0.508 e. The van der Waals surface area contributed by atoms with Crippen molar-refractivity contribution in [1.29, 1.82) is 0 Å². The summed E-state index contributed by atoms with van der Waals surface area (Å²) in [5.41, 5.74) is 7.28. The monoisotopic (exact) mass is 604 g/mol. The van der Waals surface area contributed by atoms with Crippen LogP contribution in [0.3, 0.4) is 0 Å². The second kappa shape index (κ2) is 14.1. The van der Waals surface area contributed by atoms with Gasteiger partial charge in [0.15, 0.2) is 13.2 Å². The lowest BCUT2D eigenvalue weighted by atomic mass is 9.72. The van der Waals surface area contributed by atoms with Crippen molar-refractivity contribution in [1.82, 2.24) is 0 Å². The number of nitrogens with zero attached hydrogens (tertiary/aromatic N) is 1. The average Bonchev–Trinajstić information content (AvgIpc) is 2.92. The van der Waals surface area contributed by atoms with Crippen molar-refractivity contribution in [3.63, 3.8) is 0 Å². The SMILES string of the molecule is C=C(C)[C@@H]1CCC(C)=C[C@H]1c1c(O)cc(O)cc1CCO[N+](=O)OCCc1cc(O)cc(O)c1[C@@H]1C=C(C)CC[C@H]1C(=C)C. The van der Waals surface area contributed by atoms with Gasteiger partial charge in [-0.1, -0.05) is 47.6 Å². The molecule has 8 heteroatoms. The van der Waals surface area contributed by atoms with Crippen LogP contribution in [0.2, 0.25) is 0 Å². The lowest BCUT2D eigenvalue weighted by molar-refractivity contribution is -0.981. The number of benzene rings is 2. The van der Waals surface area contributed by atoms with Crippen molar-refractivity contribution in [2.24, 2.45) is 11.8 Å². The van der Waals surface area contributed by atoms with Gasteiger partial charge in [-0.3, -0.25) is 0 Å². The van der Waals surface area contributed by atoms with Crippen molar-refractivity contribution in [2.45, 2.75) is 78.1 Å². The summed E-state index contributed by atoms with van der Waals surface area (Å²) in [6.45, 7) is 16.4. The molecule has 2 aliphatic rings. The summed E-state index contributed by atoms with van der Waals surface area (Å²) in [6.07, 6.45) is 8.58. The Hall–Kier alpha value is -4.20. The molecule has 0 aromatic heterocycles. The first-order valence-electron chi connectivity index (χ1n) is 15.3. The number of phenols is 4. The van der Waals surface area contributed by atoms with Gasteiger partial charge in [0.25, 0.3) is 0 Å². The number of rotatable bonds is 12. The zero-order valence-corrected chi connectivity index (χ0v) is 26.3. The molecule has 0 radical (unpaired) electrons. The summed E-state index contributed by atoms with van der Waals surface area (Å²) in [6, 6.07) is 5.87. The second-order valence-corrected chi connectivity index (χ2v) is 12.5. The van der Waals surface area contributed by atoms with Crippen LogP contribution in [-0.4, -0.2) is 38.7 Å². The summed E-state index contributed by atoms with van der Waals surface area (Å²) in [4.78, 5) is 23.1. The van der Waals surface area contributed by atoms with Crippen molar-refractivity contribution in [3.05, 3.63) is 99.0 Å².